The van der Waals surface area contributed by atoms with Gasteiger partial charge < -0.3 is 10.1 Å². The molecule has 0 unspecified atom stereocenters. The normalized spacial score (nSPS) is 15.2. The lowest BCUT2D eigenvalue weighted by Gasteiger charge is -2.30. The van der Waals surface area contributed by atoms with Crippen LogP contribution in [-0.2, 0) is 14.8 Å². The molecule has 0 radical (unpaired) electrons. The summed E-state index contributed by atoms with van der Waals surface area (Å²) in [5.41, 5.74) is 2.75. The summed E-state index contributed by atoms with van der Waals surface area (Å²) >= 11 is 0. The third-order valence-electron chi connectivity index (χ3n) is 5.87. The summed E-state index contributed by atoms with van der Waals surface area (Å²) < 4.78 is 32.9. The van der Waals surface area contributed by atoms with Gasteiger partial charge in [0, 0.05) is 30.3 Å². The first-order valence-corrected chi connectivity index (χ1v) is 12.6. The van der Waals surface area contributed by atoms with Crippen molar-refractivity contribution in [2.24, 2.45) is 5.92 Å². The molecule has 1 aliphatic rings. The van der Waals surface area contributed by atoms with E-state index in [2.05, 4.69) is 5.32 Å². The van der Waals surface area contributed by atoms with Gasteiger partial charge in [0.05, 0.1) is 11.5 Å². The molecule has 0 saturated carbocycles. The first kappa shape index (κ1) is 23.0. The number of piperidine rings is 1. The Hall–Kier alpha value is -3.16. The Bertz CT molecular complexity index is 1190. The molecule has 0 atom stereocenters. The topological polar surface area (TPSA) is 75.7 Å². The number of benzene rings is 3. The molecule has 4 rings (SSSR count). The number of hydrogen-bond acceptors (Lipinski definition) is 4. The lowest BCUT2D eigenvalue weighted by Crippen LogP contribution is -2.41. The number of ether oxygens (including phenoxy) is 1. The number of para-hydroxylation sites is 1. The van der Waals surface area contributed by atoms with Crippen LogP contribution in [0.15, 0.2) is 83.8 Å². The summed E-state index contributed by atoms with van der Waals surface area (Å²) in [4.78, 5) is 13.2. The molecule has 1 N–H and O–H groups in total. The summed E-state index contributed by atoms with van der Waals surface area (Å²) in [7, 11) is -3.60. The van der Waals surface area contributed by atoms with Crippen LogP contribution in [0, 0.1) is 5.92 Å². The largest absolute Gasteiger partial charge is 0.494 e. The minimum Gasteiger partial charge on any atom is -0.494 e. The second kappa shape index (κ2) is 10.2. The number of nitrogens with one attached hydrogen (secondary N) is 1. The van der Waals surface area contributed by atoms with Crippen LogP contribution in [-0.4, -0.2) is 38.3 Å². The molecule has 0 spiro atoms. The fourth-order valence-electron chi connectivity index (χ4n) is 4.08. The summed E-state index contributed by atoms with van der Waals surface area (Å²) in [6.07, 6.45) is 0.963. The van der Waals surface area contributed by atoms with E-state index in [9.17, 15) is 13.2 Å². The molecule has 3 aromatic rings. The van der Waals surface area contributed by atoms with Gasteiger partial charge in [0.1, 0.15) is 5.75 Å². The number of rotatable bonds is 7. The molecule has 1 fully saturated rings. The van der Waals surface area contributed by atoms with E-state index in [0.717, 1.165) is 16.8 Å². The van der Waals surface area contributed by atoms with Crippen molar-refractivity contribution in [3.8, 4) is 16.9 Å². The average molecular weight is 465 g/mol. The minimum atomic E-state index is -3.60. The summed E-state index contributed by atoms with van der Waals surface area (Å²) in [6, 6.07) is 24.1. The quantitative estimate of drug-likeness (QED) is 0.545. The zero-order valence-electron chi connectivity index (χ0n) is 18.6. The third-order valence-corrected chi connectivity index (χ3v) is 7.78. The highest BCUT2D eigenvalue weighted by Gasteiger charge is 2.32. The van der Waals surface area contributed by atoms with E-state index in [4.69, 9.17) is 4.74 Å². The van der Waals surface area contributed by atoms with Gasteiger partial charge in [-0.2, -0.15) is 4.31 Å². The first-order valence-electron chi connectivity index (χ1n) is 11.2. The van der Waals surface area contributed by atoms with Crippen molar-refractivity contribution in [2.75, 3.05) is 25.0 Å². The monoisotopic (exact) mass is 464 g/mol. The van der Waals surface area contributed by atoms with E-state index in [1.807, 2.05) is 61.5 Å². The minimum absolute atomic E-state index is 0.0727. The lowest BCUT2D eigenvalue weighted by molar-refractivity contribution is -0.120. The predicted octanol–water partition coefficient (Wildman–Crippen LogP) is 4.79. The Morgan fingerprint density at radius 2 is 1.58 bits per heavy atom. The maximum Gasteiger partial charge on any atom is 0.243 e. The Labute approximate surface area is 195 Å². The van der Waals surface area contributed by atoms with Crippen LogP contribution in [0.2, 0.25) is 0 Å². The molecule has 1 saturated heterocycles. The smallest absolute Gasteiger partial charge is 0.243 e. The molecule has 1 aliphatic heterocycles. The standard InChI is InChI=1S/C26H28N2O4S/c1-2-32-22-12-14-23(15-13-22)33(30,31)28-18-16-21(17-19-28)26(29)27-25-11-7-6-10-24(25)20-8-4-3-5-9-20/h3-15,21H,2,16-19H2,1H3,(H,27,29). The Morgan fingerprint density at radius 3 is 2.24 bits per heavy atom. The molecule has 172 valence electrons. The van der Waals surface area contributed by atoms with E-state index in [-0.39, 0.29) is 16.7 Å². The van der Waals surface area contributed by atoms with Crippen molar-refractivity contribution >= 4 is 21.6 Å². The number of carbonyl (C=O) groups excluding carboxylic acids is 1. The van der Waals surface area contributed by atoms with Crippen molar-refractivity contribution < 1.29 is 17.9 Å². The van der Waals surface area contributed by atoms with Crippen molar-refractivity contribution in [1.82, 2.24) is 4.31 Å². The SMILES string of the molecule is CCOc1ccc(S(=O)(=O)N2CCC(C(=O)Nc3ccccc3-c3ccccc3)CC2)cc1. The van der Waals surface area contributed by atoms with Gasteiger partial charge in [-0.25, -0.2) is 8.42 Å². The molecule has 1 heterocycles. The number of sulfonamides is 1. The van der Waals surface area contributed by atoms with Crippen LogP contribution in [0.5, 0.6) is 5.75 Å². The van der Waals surface area contributed by atoms with Gasteiger partial charge in [0.2, 0.25) is 15.9 Å². The van der Waals surface area contributed by atoms with Crippen LogP contribution in [0.4, 0.5) is 5.69 Å². The Balaban J connectivity index is 1.40. The van der Waals surface area contributed by atoms with E-state index >= 15 is 0 Å². The molecule has 7 heteroatoms. The highest BCUT2D eigenvalue weighted by atomic mass is 32.2. The van der Waals surface area contributed by atoms with E-state index in [0.29, 0.717) is 38.3 Å². The van der Waals surface area contributed by atoms with Gasteiger partial charge in [-0.05, 0) is 55.7 Å². The zero-order valence-corrected chi connectivity index (χ0v) is 19.4. The van der Waals surface area contributed by atoms with Gasteiger partial charge in [-0.3, -0.25) is 4.79 Å². The highest BCUT2D eigenvalue weighted by molar-refractivity contribution is 7.89. The second-order valence-corrected chi connectivity index (χ2v) is 9.92. The fraction of sp³-hybridized carbons (Fsp3) is 0.269. The van der Waals surface area contributed by atoms with Gasteiger partial charge in [0.15, 0.2) is 0 Å². The summed E-state index contributed by atoms with van der Waals surface area (Å²) in [5, 5.41) is 3.06. The molecular weight excluding hydrogens is 436 g/mol. The highest BCUT2D eigenvalue weighted by Crippen LogP contribution is 2.30. The second-order valence-electron chi connectivity index (χ2n) is 7.98. The van der Waals surface area contributed by atoms with Crippen LogP contribution < -0.4 is 10.1 Å². The van der Waals surface area contributed by atoms with Crippen molar-refractivity contribution in [2.45, 2.75) is 24.7 Å². The lowest BCUT2D eigenvalue weighted by atomic mass is 9.96. The maximum absolute atomic E-state index is 13.0. The molecule has 0 bridgehead atoms. The van der Waals surface area contributed by atoms with E-state index in [1.54, 1.807) is 24.3 Å². The van der Waals surface area contributed by atoms with Crippen LogP contribution in [0.1, 0.15) is 19.8 Å². The molecule has 0 aromatic heterocycles. The Kier molecular flexibility index (Phi) is 7.11. The van der Waals surface area contributed by atoms with Gasteiger partial charge in [-0.15, -0.1) is 0 Å². The first-order chi connectivity index (χ1) is 16.0. The third kappa shape index (κ3) is 5.26. The Morgan fingerprint density at radius 1 is 0.939 bits per heavy atom. The summed E-state index contributed by atoms with van der Waals surface area (Å²) in [6.45, 7) is 3.03. The predicted molar refractivity (Wildman–Crippen MR) is 130 cm³/mol. The molecule has 33 heavy (non-hydrogen) atoms. The summed E-state index contributed by atoms with van der Waals surface area (Å²) in [5.74, 6) is 0.333. The number of anilines is 1. The molecule has 1 amide bonds. The van der Waals surface area contributed by atoms with E-state index in [1.165, 1.54) is 4.31 Å². The number of hydrogen-bond donors (Lipinski definition) is 1. The van der Waals surface area contributed by atoms with Crippen LogP contribution in [0.25, 0.3) is 11.1 Å². The number of nitrogens with zero attached hydrogens (tertiary/aromatic N) is 1. The van der Waals surface area contributed by atoms with Crippen molar-refractivity contribution in [3.05, 3.63) is 78.9 Å². The van der Waals surface area contributed by atoms with Crippen LogP contribution in [0.3, 0.4) is 0 Å². The molecular formula is C26H28N2O4S. The van der Waals surface area contributed by atoms with Crippen molar-refractivity contribution in [1.29, 1.82) is 0 Å². The van der Waals surface area contributed by atoms with Crippen LogP contribution >= 0.6 is 0 Å². The van der Waals surface area contributed by atoms with E-state index < -0.39 is 10.0 Å². The number of carbonyl (C=O) groups is 1. The van der Waals surface area contributed by atoms with Gasteiger partial charge in [-0.1, -0.05) is 48.5 Å². The molecule has 3 aromatic carbocycles. The fourth-order valence-corrected chi connectivity index (χ4v) is 5.55. The van der Waals surface area contributed by atoms with Gasteiger partial charge in [0.25, 0.3) is 0 Å². The molecule has 6 nitrogen and oxygen atoms in total. The maximum atomic E-state index is 13.0. The zero-order chi connectivity index (χ0) is 23.3. The average Bonchev–Trinajstić information content (AvgIpc) is 2.85. The van der Waals surface area contributed by atoms with Gasteiger partial charge >= 0.3 is 0 Å². The molecule has 0 aliphatic carbocycles. The van der Waals surface area contributed by atoms with Crippen molar-refractivity contribution in [3.63, 3.8) is 0 Å². The number of amides is 1.